The predicted molar refractivity (Wildman–Crippen MR) is 131 cm³/mol. The van der Waals surface area contributed by atoms with Crippen molar-refractivity contribution in [3.8, 4) is 11.4 Å². The first kappa shape index (κ1) is 22.0. The van der Waals surface area contributed by atoms with Crippen molar-refractivity contribution in [2.24, 2.45) is 0 Å². The third-order valence-corrected chi connectivity index (χ3v) is 7.78. The highest BCUT2D eigenvalue weighted by Gasteiger charge is 2.21. The number of benzene rings is 1. The standard InChI is InChI=1S/C24H24N6O3S/c1-2-34(32,33)20-10-11-25-15-19(20)27-24(31)18-9-12-26-23-21(18)28-22(29-23)16-5-7-17(8-6-16)30-13-3-4-14-30/h5-12,15H,2-4,13-14H2,1H3,(H,27,31)(H,26,28,29). The molecule has 2 N–H and O–H groups in total. The normalized spacial score (nSPS) is 14.0. The van der Waals surface area contributed by atoms with Crippen molar-refractivity contribution in [2.45, 2.75) is 24.7 Å². The average molecular weight is 477 g/mol. The number of aromatic amines is 1. The molecule has 0 radical (unpaired) electrons. The SMILES string of the molecule is CCS(=O)(=O)c1ccncc1NC(=O)c1ccnc2nc(-c3ccc(N4CCCC4)cc3)[nH]c12. The molecule has 10 heteroatoms. The molecular formula is C24H24N6O3S. The molecule has 1 aliphatic heterocycles. The molecule has 0 spiro atoms. The summed E-state index contributed by atoms with van der Waals surface area (Å²) < 4.78 is 24.8. The Morgan fingerprint density at radius 3 is 2.59 bits per heavy atom. The molecule has 9 nitrogen and oxygen atoms in total. The number of nitrogens with one attached hydrogen (secondary N) is 2. The predicted octanol–water partition coefficient (Wildman–Crippen LogP) is 3.67. The maximum atomic E-state index is 13.1. The first-order chi connectivity index (χ1) is 16.5. The monoisotopic (exact) mass is 476 g/mol. The summed E-state index contributed by atoms with van der Waals surface area (Å²) in [6.45, 7) is 3.70. The number of carbonyl (C=O) groups is 1. The quantitative estimate of drug-likeness (QED) is 0.435. The lowest BCUT2D eigenvalue weighted by atomic mass is 10.2. The van der Waals surface area contributed by atoms with Crippen LogP contribution in [0.5, 0.6) is 0 Å². The summed E-state index contributed by atoms with van der Waals surface area (Å²) in [6, 6.07) is 11.1. The molecule has 4 aromatic rings. The average Bonchev–Trinajstić information content (AvgIpc) is 3.54. The summed E-state index contributed by atoms with van der Waals surface area (Å²) in [5.41, 5.74) is 3.39. The highest BCUT2D eigenvalue weighted by Crippen LogP contribution is 2.27. The van der Waals surface area contributed by atoms with Gasteiger partial charge in [0.15, 0.2) is 15.5 Å². The number of aromatic nitrogens is 4. The molecule has 0 unspecified atom stereocenters. The van der Waals surface area contributed by atoms with E-state index in [9.17, 15) is 13.2 Å². The number of imidazole rings is 1. The van der Waals surface area contributed by atoms with Crippen LogP contribution in [0.1, 0.15) is 30.1 Å². The maximum absolute atomic E-state index is 13.1. The summed E-state index contributed by atoms with van der Waals surface area (Å²) in [6.07, 6.45) is 6.66. The number of H-pyrrole nitrogens is 1. The van der Waals surface area contributed by atoms with Gasteiger partial charge in [-0.1, -0.05) is 6.92 Å². The third kappa shape index (κ3) is 4.12. The second kappa shape index (κ2) is 8.86. The summed E-state index contributed by atoms with van der Waals surface area (Å²) in [7, 11) is -3.53. The number of fused-ring (bicyclic) bond motifs is 1. The van der Waals surface area contributed by atoms with E-state index in [0.717, 1.165) is 18.7 Å². The number of hydrogen-bond donors (Lipinski definition) is 2. The molecule has 3 aromatic heterocycles. The van der Waals surface area contributed by atoms with Crippen molar-refractivity contribution in [3.05, 3.63) is 60.6 Å². The summed E-state index contributed by atoms with van der Waals surface area (Å²) in [5, 5.41) is 2.69. The molecule has 0 bridgehead atoms. The zero-order chi connectivity index (χ0) is 23.7. The number of amides is 1. The van der Waals surface area contributed by atoms with Gasteiger partial charge >= 0.3 is 0 Å². The van der Waals surface area contributed by atoms with Crippen LogP contribution in [0.25, 0.3) is 22.6 Å². The Labute approximate surface area is 197 Å². The fourth-order valence-corrected chi connectivity index (χ4v) is 5.15. The van der Waals surface area contributed by atoms with Gasteiger partial charge in [-0.2, -0.15) is 0 Å². The Kier molecular flexibility index (Phi) is 5.74. The first-order valence-electron chi connectivity index (χ1n) is 11.1. The minimum absolute atomic E-state index is 0.0343. The number of nitrogens with zero attached hydrogens (tertiary/aromatic N) is 4. The molecule has 174 valence electrons. The van der Waals surface area contributed by atoms with E-state index >= 15 is 0 Å². The van der Waals surface area contributed by atoms with Gasteiger partial charge in [0.05, 0.1) is 33.6 Å². The smallest absolute Gasteiger partial charge is 0.258 e. The molecule has 1 aliphatic rings. The van der Waals surface area contributed by atoms with E-state index in [2.05, 4.69) is 42.3 Å². The van der Waals surface area contributed by atoms with Crippen LogP contribution in [0.4, 0.5) is 11.4 Å². The van der Waals surface area contributed by atoms with Crippen molar-refractivity contribution in [3.63, 3.8) is 0 Å². The fraction of sp³-hybridized carbons (Fsp3) is 0.250. The largest absolute Gasteiger partial charge is 0.372 e. The van der Waals surface area contributed by atoms with Crippen molar-refractivity contribution in [2.75, 3.05) is 29.1 Å². The van der Waals surface area contributed by atoms with Crippen LogP contribution in [-0.4, -0.2) is 53.1 Å². The number of carbonyl (C=O) groups excluding carboxylic acids is 1. The highest BCUT2D eigenvalue weighted by molar-refractivity contribution is 7.91. The van der Waals surface area contributed by atoms with Crippen LogP contribution in [-0.2, 0) is 9.84 Å². The van der Waals surface area contributed by atoms with Gasteiger partial charge in [0, 0.05) is 36.7 Å². The number of sulfone groups is 1. The Balaban J connectivity index is 1.45. The van der Waals surface area contributed by atoms with Crippen molar-refractivity contribution < 1.29 is 13.2 Å². The van der Waals surface area contributed by atoms with Gasteiger partial charge in [-0.15, -0.1) is 0 Å². The Hall–Kier alpha value is -3.79. The lowest BCUT2D eigenvalue weighted by Crippen LogP contribution is -2.17. The fourth-order valence-electron chi connectivity index (χ4n) is 4.13. The van der Waals surface area contributed by atoms with Gasteiger partial charge in [0.2, 0.25) is 0 Å². The lowest BCUT2D eigenvalue weighted by Gasteiger charge is -2.17. The molecule has 1 fully saturated rings. The van der Waals surface area contributed by atoms with Gasteiger partial charge in [-0.05, 0) is 49.2 Å². The van der Waals surface area contributed by atoms with Crippen LogP contribution in [0.2, 0.25) is 0 Å². The minimum atomic E-state index is -3.53. The molecule has 34 heavy (non-hydrogen) atoms. The van der Waals surface area contributed by atoms with E-state index in [1.165, 1.54) is 43.2 Å². The Morgan fingerprint density at radius 2 is 1.85 bits per heavy atom. The van der Waals surface area contributed by atoms with Crippen LogP contribution in [0.15, 0.2) is 59.9 Å². The molecule has 4 heterocycles. The van der Waals surface area contributed by atoms with Crippen LogP contribution >= 0.6 is 0 Å². The van der Waals surface area contributed by atoms with Gasteiger partial charge < -0.3 is 15.2 Å². The van der Waals surface area contributed by atoms with E-state index < -0.39 is 15.7 Å². The molecule has 0 atom stereocenters. The topological polar surface area (TPSA) is 121 Å². The Morgan fingerprint density at radius 1 is 1.09 bits per heavy atom. The van der Waals surface area contributed by atoms with Gasteiger partial charge in [-0.3, -0.25) is 9.78 Å². The highest BCUT2D eigenvalue weighted by atomic mass is 32.2. The van der Waals surface area contributed by atoms with Gasteiger partial charge in [-0.25, -0.2) is 18.4 Å². The van der Waals surface area contributed by atoms with Crippen LogP contribution in [0, 0.1) is 0 Å². The maximum Gasteiger partial charge on any atom is 0.258 e. The van der Waals surface area contributed by atoms with Crippen LogP contribution < -0.4 is 10.2 Å². The Bertz CT molecular complexity index is 1460. The van der Waals surface area contributed by atoms with E-state index in [0.29, 0.717) is 22.6 Å². The second-order valence-corrected chi connectivity index (χ2v) is 10.4. The van der Waals surface area contributed by atoms with E-state index in [-0.39, 0.29) is 16.3 Å². The van der Waals surface area contributed by atoms with Crippen molar-refractivity contribution in [1.82, 2.24) is 19.9 Å². The number of hydrogen-bond acceptors (Lipinski definition) is 7. The number of pyridine rings is 2. The van der Waals surface area contributed by atoms with Crippen molar-refractivity contribution in [1.29, 1.82) is 0 Å². The lowest BCUT2D eigenvalue weighted by molar-refractivity contribution is 0.102. The zero-order valence-electron chi connectivity index (χ0n) is 18.7. The van der Waals surface area contributed by atoms with E-state index in [4.69, 9.17) is 0 Å². The van der Waals surface area contributed by atoms with Gasteiger partial charge in [0.1, 0.15) is 5.82 Å². The molecule has 5 rings (SSSR count). The van der Waals surface area contributed by atoms with E-state index in [1.807, 2.05) is 12.1 Å². The third-order valence-electron chi connectivity index (χ3n) is 5.99. The summed E-state index contributed by atoms with van der Waals surface area (Å²) in [4.78, 5) is 31.5. The molecule has 0 saturated carbocycles. The number of anilines is 2. The minimum Gasteiger partial charge on any atom is -0.372 e. The number of rotatable bonds is 6. The molecule has 1 aromatic carbocycles. The first-order valence-corrected chi connectivity index (χ1v) is 12.8. The molecule has 1 amide bonds. The second-order valence-electron chi connectivity index (χ2n) is 8.11. The summed E-state index contributed by atoms with van der Waals surface area (Å²) in [5.74, 6) is 0.0405. The zero-order valence-corrected chi connectivity index (χ0v) is 19.5. The molecule has 1 saturated heterocycles. The van der Waals surface area contributed by atoms with Gasteiger partial charge in [0.25, 0.3) is 5.91 Å². The van der Waals surface area contributed by atoms with E-state index in [1.54, 1.807) is 13.0 Å². The molecule has 0 aliphatic carbocycles. The van der Waals surface area contributed by atoms with Crippen LogP contribution in [0.3, 0.4) is 0 Å². The summed E-state index contributed by atoms with van der Waals surface area (Å²) >= 11 is 0. The molecular weight excluding hydrogens is 452 g/mol. The van der Waals surface area contributed by atoms with Crippen molar-refractivity contribution >= 4 is 38.3 Å².